The smallest absolute Gasteiger partial charge is 0.258 e. The average Bonchev–Trinajstić information content (AvgIpc) is 2.74. The van der Waals surface area contributed by atoms with Crippen molar-refractivity contribution in [2.24, 2.45) is 0 Å². The Kier molecular flexibility index (Phi) is 6.75. The zero-order chi connectivity index (χ0) is 20.8. The van der Waals surface area contributed by atoms with Crippen molar-refractivity contribution in [2.75, 3.05) is 26.8 Å². The van der Waals surface area contributed by atoms with Crippen LogP contribution in [0.2, 0.25) is 0 Å². The van der Waals surface area contributed by atoms with E-state index in [-0.39, 0.29) is 24.5 Å². The van der Waals surface area contributed by atoms with Crippen LogP contribution in [0.15, 0.2) is 42.5 Å². The number of hydrogen-bond donors (Lipinski definition) is 1. The molecule has 0 aliphatic carbocycles. The lowest BCUT2D eigenvalue weighted by molar-refractivity contribution is -0.124. The van der Waals surface area contributed by atoms with Crippen molar-refractivity contribution < 1.29 is 19.1 Å². The molecular weight excluding hydrogens is 368 g/mol. The molecule has 3 rings (SSSR count). The molecule has 2 aromatic carbocycles. The maximum Gasteiger partial charge on any atom is 0.258 e. The lowest BCUT2D eigenvalue weighted by Gasteiger charge is -2.32. The summed E-state index contributed by atoms with van der Waals surface area (Å²) in [5.74, 6) is 1.22. The van der Waals surface area contributed by atoms with Gasteiger partial charge in [0.05, 0.1) is 7.11 Å². The lowest BCUT2D eigenvalue weighted by atomic mass is 10.0. The molecule has 0 aromatic heterocycles. The molecule has 0 spiro atoms. The van der Waals surface area contributed by atoms with E-state index in [1.165, 1.54) is 5.56 Å². The van der Waals surface area contributed by atoms with Crippen LogP contribution in [0.3, 0.4) is 0 Å². The molecule has 154 valence electrons. The van der Waals surface area contributed by atoms with Gasteiger partial charge in [-0.1, -0.05) is 12.1 Å². The number of carbonyl (C=O) groups excluding carboxylic acids is 2. The van der Waals surface area contributed by atoms with E-state index < -0.39 is 0 Å². The molecule has 2 aromatic rings. The van der Waals surface area contributed by atoms with Gasteiger partial charge in [-0.3, -0.25) is 9.59 Å². The molecule has 1 aliphatic rings. The Hall–Kier alpha value is -3.02. The second-order valence-corrected chi connectivity index (χ2v) is 7.40. The third-order valence-electron chi connectivity index (χ3n) is 5.31. The molecule has 0 radical (unpaired) electrons. The minimum atomic E-state index is -0.138. The standard InChI is InChI=1S/C23H28N2O4/c1-16-7-8-21(13-17(16)2)29-15-22(26)24-19-9-11-25(12-10-19)23(27)18-5-4-6-20(14-18)28-3/h4-8,13-14,19H,9-12,15H2,1-3H3,(H,24,26). The second-order valence-electron chi connectivity index (χ2n) is 7.40. The van der Waals surface area contributed by atoms with Gasteiger partial charge in [0.15, 0.2) is 6.61 Å². The van der Waals surface area contributed by atoms with Crippen molar-refractivity contribution in [2.45, 2.75) is 32.7 Å². The molecule has 0 bridgehead atoms. The number of ether oxygens (including phenoxy) is 2. The first-order chi connectivity index (χ1) is 14.0. The third-order valence-corrected chi connectivity index (χ3v) is 5.31. The number of aryl methyl sites for hydroxylation is 2. The molecule has 2 amide bonds. The van der Waals surface area contributed by atoms with Gasteiger partial charge in [-0.15, -0.1) is 0 Å². The third kappa shape index (κ3) is 5.50. The Morgan fingerprint density at radius 1 is 1.03 bits per heavy atom. The SMILES string of the molecule is COc1cccc(C(=O)N2CCC(NC(=O)COc3ccc(C)c(C)c3)CC2)c1. The first kappa shape index (κ1) is 20.7. The highest BCUT2D eigenvalue weighted by Crippen LogP contribution is 2.18. The molecule has 0 atom stereocenters. The highest BCUT2D eigenvalue weighted by molar-refractivity contribution is 5.94. The van der Waals surface area contributed by atoms with Crippen LogP contribution in [0.4, 0.5) is 0 Å². The van der Waals surface area contributed by atoms with Gasteiger partial charge in [-0.25, -0.2) is 0 Å². The van der Waals surface area contributed by atoms with Crippen LogP contribution in [0.25, 0.3) is 0 Å². The fourth-order valence-corrected chi connectivity index (χ4v) is 3.39. The van der Waals surface area contributed by atoms with E-state index in [0.29, 0.717) is 30.2 Å². The number of carbonyl (C=O) groups is 2. The molecule has 0 saturated carbocycles. The first-order valence-corrected chi connectivity index (χ1v) is 9.89. The molecule has 1 heterocycles. The largest absolute Gasteiger partial charge is 0.497 e. The summed E-state index contributed by atoms with van der Waals surface area (Å²) in [4.78, 5) is 26.7. The Morgan fingerprint density at radius 3 is 2.48 bits per heavy atom. The van der Waals surface area contributed by atoms with Gasteiger partial charge < -0.3 is 19.7 Å². The molecule has 1 saturated heterocycles. The predicted molar refractivity (Wildman–Crippen MR) is 111 cm³/mol. The monoisotopic (exact) mass is 396 g/mol. The zero-order valence-electron chi connectivity index (χ0n) is 17.2. The number of nitrogens with zero attached hydrogens (tertiary/aromatic N) is 1. The fourth-order valence-electron chi connectivity index (χ4n) is 3.39. The van der Waals surface area contributed by atoms with Crippen molar-refractivity contribution >= 4 is 11.8 Å². The van der Waals surface area contributed by atoms with Gasteiger partial charge in [0.2, 0.25) is 0 Å². The average molecular weight is 396 g/mol. The van der Waals surface area contributed by atoms with Gasteiger partial charge >= 0.3 is 0 Å². The first-order valence-electron chi connectivity index (χ1n) is 9.89. The van der Waals surface area contributed by atoms with Crippen molar-refractivity contribution in [3.8, 4) is 11.5 Å². The zero-order valence-corrected chi connectivity index (χ0v) is 17.2. The number of piperidine rings is 1. The second kappa shape index (κ2) is 9.45. The Bertz CT molecular complexity index is 873. The number of benzene rings is 2. The van der Waals surface area contributed by atoms with Crippen LogP contribution in [0.5, 0.6) is 11.5 Å². The summed E-state index contributed by atoms with van der Waals surface area (Å²) in [6.45, 7) is 5.27. The van der Waals surface area contributed by atoms with Crippen LogP contribution < -0.4 is 14.8 Å². The highest BCUT2D eigenvalue weighted by Gasteiger charge is 2.25. The summed E-state index contributed by atoms with van der Waals surface area (Å²) >= 11 is 0. The predicted octanol–water partition coefficient (Wildman–Crippen LogP) is 3.11. The van der Waals surface area contributed by atoms with E-state index in [2.05, 4.69) is 5.32 Å². The Balaban J connectivity index is 1.44. The molecular formula is C23H28N2O4. The summed E-state index contributed by atoms with van der Waals surface area (Å²) in [5, 5.41) is 3.01. The number of methoxy groups -OCH3 is 1. The molecule has 6 nitrogen and oxygen atoms in total. The van der Waals surface area contributed by atoms with Crippen molar-refractivity contribution in [3.05, 3.63) is 59.2 Å². The molecule has 6 heteroatoms. The molecule has 1 N–H and O–H groups in total. The van der Waals surface area contributed by atoms with E-state index in [0.717, 1.165) is 18.4 Å². The van der Waals surface area contributed by atoms with Gasteiger partial charge in [0, 0.05) is 24.7 Å². The number of rotatable bonds is 6. The molecule has 29 heavy (non-hydrogen) atoms. The van der Waals surface area contributed by atoms with E-state index in [1.54, 1.807) is 19.2 Å². The topological polar surface area (TPSA) is 67.9 Å². The maximum absolute atomic E-state index is 12.7. The number of hydrogen-bond acceptors (Lipinski definition) is 4. The summed E-state index contributed by atoms with van der Waals surface area (Å²) in [6.07, 6.45) is 1.45. The quantitative estimate of drug-likeness (QED) is 0.815. The van der Waals surface area contributed by atoms with Crippen LogP contribution in [-0.2, 0) is 4.79 Å². The maximum atomic E-state index is 12.7. The Morgan fingerprint density at radius 2 is 1.79 bits per heavy atom. The van der Waals surface area contributed by atoms with Gasteiger partial charge in [-0.05, 0) is 68.1 Å². The van der Waals surface area contributed by atoms with E-state index in [4.69, 9.17) is 9.47 Å². The van der Waals surface area contributed by atoms with Crippen LogP contribution in [0.1, 0.15) is 34.3 Å². The van der Waals surface area contributed by atoms with Crippen LogP contribution >= 0.6 is 0 Å². The van der Waals surface area contributed by atoms with Crippen molar-refractivity contribution in [1.82, 2.24) is 10.2 Å². The molecule has 0 unspecified atom stereocenters. The number of likely N-dealkylation sites (tertiary alicyclic amines) is 1. The van der Waals surface area contributed by atoms with Gasteiger partial charge in [0.1, 0.15) is 11.5 Å². The van der Waals surface area contributed by atoms with E-state index in [1.807, 2.05) is 49.1 Å². The highest BCUT2D eigenvalue weighted by atomic mass is 16.5. The van der Waals surface area contributed by atoms with Gasteiger partial charge in [-0.2, -0.15) is 0 Å². The van der Waals surface area contributed by atoms with Crippen molar-refractivity contribution in [1.29, 1.82) is 0 Å². The summed E-state index contributed by atoms with van der Waals surface area (Å²) < 4.78 is 10.8. The van der Waals surface area contributed by atoms with E-state index >= 15 is 0 Å². The Labute approximate surface area is 171 Å². The molecule has 1 fully saturated rings. The van der Waals surface area contributed by atoms with Crippen molar-refractivity contribution in [3.63, 3.8) is 0 Å². The lowest BCUT2D eigenvalue weighted by Crippen LogP contribution is -2.47. The summed E-state index contributed by atoms with van der Waals surface area (Å²) in [5.41, 5.74) is 2.95. The number of nitrogens with one attached hydrogen (secondary N) is 1. The normalized spacial score (nSPS) is 14.4. The fraction of sp³-hybridized carbons (Fsp3) is 0.391. The number of amides is 2. The minimum Gasteiger partial charge on any atom is -0.497 e. The summed E-state index contributed by atoms with van der Waals surface area (Å²) in [6, 6.07) is 13.0. The molecule has 1 aliphatic heterocycles. The van der Waals surface area contributed by atoms with Crippen LogP contribution in [0, 0.1) is 13.8 Å². The van der Waals surface area contributed by atoms with Crippen LogP contribution in [-0.4, -0.2) is 49.6 Å². The minimum absolute atomic E-state index is 0.00764. The van der Waals surface area contributed by atoms with E-state index in [9.17, 15) is 9.59 Å². The van der Waals surface area contributed by atoms with Gasteiger partial charge in [0.25, 0.3) is 11.8 Å². The summed E-state index contributed by atoms with van der Waals surface area (Å²) in [7, 11) is 1.58.